The van der Waals surface area contributed by atoms with Crippen molar-refractivity contribution in [3.05, 3.63) is 69.8 Å². The van der Waals surface area contributed by atoms with Gasteiger partial charge in [0.2, 0.25) is 5.82 Å². The number of pyridine rings is 1. The molecule has 46 heavy (non-hydrogen) atoms. The Morgan fingerprint density at radius 3 is 2.46 bits per heavy atom. The molecule has 20 heteroatoms. The van der Waals surface area contributed by atoms with Gasteiger partial charge in [0.1, 0.15) is 6.54 Å². The predicted octanol–water partition coefficient (Wildman–Crippen LogP) is 2.98. The quantitative estimate of drug-likeness (QED) is 0.242. The van der Waals surface area contributed by atoms with E-state index >= 15 is 0 Å². The Kier molecular flexibility index (Phi) is 8.84. The lowest BCUT2D eigenvalue weighted by atomic mass is 9.89. The van der Waals surface area contributed by atoms with E-state index < -0.39 is 66.1 Å². The Morgan fingerprint density at radius 1 is 1.15 bits per heavy atom. The molecule has 0 unspecified atom stereocenters. The number of carbonyl (C=O) groups is 1. The maximum absolute atomic E-state index is 13.3. The minimum atomic E-state index is -5.14. The standard InChI is InChI=1S/C26H23ClF6N8O5/c1-24(12-45-13-24)11-35-22(43)21-36-18(37-41(21)20-16(3-2-8-34-20)46-26(31,32)33)10-40-23(44)39(9-17(42)25(28,29)30)19(38-40)14-4-6-15(27)7-5-14/h2-8,17,42H,9-13H2,1H3,(H,35,43)/t17-/m0/s1. The summed E-state index contributed by atoms with van der Waals surface area (Å²) in [5.41, 5.74) is -1.35. The third-order valence-electron chi connectivity index (χ3n) is 6.66. The van der Waals surface area contributed by atoms with Crippen LogP contribution in [0.5, 0.6) is 5.75 Å². The second-order valence-electron chi connectivity index (χ2n) is 10.6. The van der Waals surface area contributed by atoms with Gasteiger partial charge >= 0.3 is 18.2 Å². The maximum Gasteiger partial charge on any atom is 0.573 e. The highest BCUT2D eigenvalue weighted by Crippen LogP contribution is 2.29. The van der Waals surface area contributed by atoms with Crippen molar-refractivity contribution in [2.75, 3.05) is 19.8 Å². The van der Waals surface area contributed by atoms with Crippen molar-refractivity contribution in [1.29, 1.82) is 0 Å². The third-order valence-corrected chi connectivity index (χ3v) is 6.91. The molecule has 5 rings (SSSR count). The fraction of sp³-hybridized carbons (Fsp3) is 0.385. The van der Waals surface area contributed by atoms with Gasteiger partial charge in [0.05, 0.1) is 19.8 Å². The predicted molar refractivity (Wildman–Crippen MR) is 145 cm³/mol. The van der Waals surface area contributed by atoms with Crippen LogP contribution in [0.2, 0.25) is 5.02 Å². The average Bonchev–Trinajstić information content (AvgIpc) is 3.51. The van der Waals surface area contributed by atoms with Crippen molar-refractivity contribution in [2.24, 2.45) is 5.41 Å². The number of hydrogen-bond acceptors (Lipinski definition) is 9. The first-order chi connectivity index (χ1) is 21.5. The molecule has 0 aliphatic carbocycles. The molecular formula is C26H23ClF6N8O5. The molecule has 13 nitrogen and oxygen atoms in total. The van der Waals surface area contributed by atoms with Gasteiger partial charge in [-0.1, -0.05) is 18.5 Å². The van der Waals surface area contributed by atoms with Crippen LogP contribution in [0, 0.1) is 5.41 Å². The molecule has 1 aromatic carbocycles. The Morgan fingerprint density at radius 2 is 1.85 bits per heavy atom. The first-order valence-electron chi connectivity index (χ1n) is 13.2. The average molecular weight is 677 g/mol. The molecule has 1 amide bonds. The summed E-state index contributed by atoms with van der Waals surface area (Å²) in [7, 11) is 0. The number of rotatable bonds is 10. The van der Waals surface area contributed by atoms with E-state index in [1.165, 1.54) is 24.3 Å². The normalized spacial score (nSPS) is 15.3. The minimum Gasteiger partial charge on any atom is -0.402 e. The topological polar surface area (TPSA) is 151 Å². The van der Waals surface area contributed by atoms with E-state index in [0.717, 1.165) is 18.3 Å². The van der Waals surface area contributed by atoms with E-state index in [1.807, 2.05) is 6.92 Å². The van der Waals surface area contributed by atoms with Crippen molar-refractivity contribution < 1.29 is 45.7 Å². The van der Waals surface area contributed by atoms with Crippen LogP contribution in [0.4, 0.5) is 26.3 Å². The van der Waals surface area contributed by atoms with Gasteiger partial charge in [-0.3, -0.25) is 9.36 Å². The number of benzene rings is 1. The van der Waals surface area contributed by atoms with E-state index in [4.69, 9.17) is 16.3 Å². The Hall–Kier alpha value is -4.49. The summed E-state index contributed by atoms with van der Waals surface area (Å²) >= 11 is 5.91. The van der Waals surface area contributed by atoms with Gasteiger partial charge < -0.3 is 19.9 Å². The molecule has 1 fully saturated rings. The number of ether oxygens (including phenoxy) is 2. The molecule has 1 aliphatic heterocycles. The zero-order valence-electron chi connectivity index (χ0n) is 23.5. The van der Waals surface area contributed by atoms with Gasteiger partial charge in [-0.05, 0) is 36.4 Å². The lowest BCUT2D eigenvalue weighted by Gasteiger charge is -2.37. The Bertz CT molecular complexity index is 1780. The van der Waals surface area contributed by atoms with E-state index in [0.29, 0.717) is 27.1 Å². The van der Waals surface area contributed by atoms with Gasteiger partial charge in [0.15, 0.2) is 29.3 Å². The number of alkyl halides is 6. The molecule has 2 N–H and O–H groups in total. The Balaban J connectivity index is 1.56. The second-order valence-corrected chi connectivity index (χ2v) is 11.0. The number of hydrogen-bond donors (Lipinski definition) is 2. The largest absolute Gasteiger partial charge is 0.573 e. The van der Waals surface area contributed by atoms with Crippen LogP contribution in [-0.2, 0) is 17.8 Å². The van der Waals surface area contributed by atoms with Crippen LogP contribution < -0.4 is 15.7 Å². The lowest BCUT2D eigenvalue weighted by molar-refractivity contribution is -0.274. The zero-order chi connectivity index (χ0) is 33.4. The highest BCUT2D eigenvalue weighted by Gasteiger charge is 2.40. The van der Waals surface area contributed by atoms with Gasteiger partial charge in [-0.15, -0.1) is 23.4 Å². The number of aliphatic hydroxyl groups is 1. The molecule has 3 aromatic heterocycles. The van der Waals surface area contributed by atoms with Crippen LogP contribution in [0.15, 0.2) is 47.4 Å². The number of nitrogens with one attached hydrogen (secondary N) is 1. The fourth-order valence-corrected chi connectivity index (χ4v) is 4.44. The molecule has 4 heterocycles. The van der Waals surface area contributed by atoms with E-state index in [9.17, 15) is 41.0 Å². The van der Waals surface area contributed by atoms with Crippen molar-refractivity contribution in [1.82, 2.24) is 39.4 Å². The smallest absolute Gasteiger partial charge is 0.402 e. The highest BCUT2D eigenvalue weighted by molar-refractivity contribution is 6.30. The molecule has 1 saturated heterocycles. The summed E-state index contributed by atoms with van der Waals surface area (Å²) in [4.78, 5) is 34.5. The lowest BCUT2D eigenvalue weighted by Crippen LogP contribution is -2.48. The molecule has 246 valence electrons. The molecule has 1 atom stereocenters. The number of aliphatic hydroxyl groups excluding tert-OH is 1. The first-order valence-corrected chi connectivity index (χ1v) is 13.6. The van der Waals surface area contributed by atoms with Crippen LogP contribution in [-0.4, -0.2) is 83.5 Å². The third kappa shape index (κ3) is 7.31. The number of aromatic nitrogens is 7. The van der Waals surface area contributed by atoms with Crippen molar-refractivity contribution >= 4 is 17.5 Å². The first kappa shape index (κ1) is 32.9. The number of halogens is 7. The molecule has 0 bridgehead atoms. The van der Waals surface area contributed by atoms with E-state index in [2.05, 4.69) is 30.2 Å². The summed E-state index contributed by atoms with van der Waals surface area (Å²) in [5, 5.41) is 20.8. The Labute approximate surface area is 259 Å². The monoisotopic (exact) mass is 676 g/mol. The van der Waals surface area contributed by atoms with Gasteiger partial charge in [-0.2, -0.15) is 17.9 Å². The van der Waals surface area contributed by atoms with Gasteiger partial charge in [0.25, 0.3) is 5.91 Å². The summed E-state index contributed by atoms with van der Waals surface area (Å²) in [6.07, 6.45) is -12.0. The molecule has 1 aliphatic rings. The maximum atomic E-state index is 13.3. The fourth-order valence-electron chi connectivity index (χ4n) is 4.32. The summed E-state index contributed by atoms with van der Waals surface area (Å²) in [6.45, 7) is 0.759. The molecule has 4 aromatic rings. The van der Waals surface area contributed by atoms with Crippen LogP contribution >= 0.6 is 11.6 Å². The minimum absolute atomic E-state index is 0.109. The highest BCUT2D eigenvalue weighted by atomic mass is 35.5. The molecule has 0 saturated carbocycles. The van der Waals surface area contributed by atoms with Crippen LogP contribution in [0.3, 0.4) is 0 Å². The summed E-state index contributed by atoms with van der Waals surface area (Å²) in [5.74, 6) is -3.44. The summed E-state index contributed by atoms with van der Waals surface area (Å²) < 4.78 is 90.3. The number of amides is 1. The number of nitrogens with zero attached hydrogens (tertiary/aromatic N) is 7. The molecular weight excluding hydrogens is 654 g/mol. The van der Waals surface area contributed by atoms with Crippen molar-refractivity contribution in [2.45, 2.75) is 38.7 Å². The van der Waals surface area contributed by atoms with Crippen LogP contribution in [0.1, 0.15) is 23.4 Å². The molecule has 0 radical (unpaired) electrons. The van der Waals surface area contributed by atoms with Gasteiger partial charge in [0, 0.05) is 28.7 Å². The van der Waals surface area contributed by atoms with E-state index in [-0.39, 0.29) is 28.8 Å². The summed E-state index contributed by atoms with van der Waals surface area (Å²) in [6, 6.07) is 7.67. The molecule has 0 spiro atoms. The number of carbonyl (C=O) groups excluding carboxylic acids is 1. The van der Waals surface area contributed by atoms with Gasteiger partial charge in [-0.25, -0.2) is 19.4 Å². The van der Waals surface area contributed by atoms with Crippen molar-refractivity contribution in [3.63, 3.8) is 0 Å². The SMILES string of the molecule is CC1(CNC(=O)c2nc(Cn3nc(-c4ccc(Cl)cc4)n(C[C@H](O)C(F)(F)F)c3=O)nn2-c2ncccc2OC(F)(F)F)COC1. The van der Waals surface area contributed by atoms with E-state index in [1.54, 1.807) is 0 Å². The second kappa shape index (κ2) is 12.4. The van der Waals surface area contributed by atoms with Crippen molar-refractivity contribution in [3.8, 4) is 23.0 Å². The van der Waals surface area contributed by atoms with Crippen LogP contribution in [0.25, 0.3) is 17.2 Å². The zero-order valence-corrected chi connectivity index (χ0v) is 24.3.